The quantitative estimate of drug-likeness (QED) is 0.624. The van der Waals surface area contributed by atoms with Gasteiger partial charge in [-0.05, 0) is 57.5 Å². The van der Waals surface area contributed by atoms with E-state index in [2.05, 4.69) is 37.9 Å². The smallest absolute Gasteiger partial charge is 0.0593 e. The van der Waals surface area contributed by atoms with Crippen molar-refractivity contribution in [3.8, 4) is 0 Å². The van der Waals surface area contributed by atoms with Gasteiger partial charge in [0.1, 0.15) is 0 Å². The van der Waals surface area contributed by atoms with Crippen molar-refractivity contribution >= 4 is 0 Å². The molecule has 120 valence electrons. The van der Waals surface area contributed by atoms with Crippen LogP contribution in [0, 0.1) is 11.8 Å². The maximum Gasteiger partial charge on any atom is 0.0593 e. The van der Waals surface area contributed by atoms with Crippen LogP contribution >= 0.6 is 0 Å². The molecular weight excluding hydrogens is 248 g/mol. The van der Waals surface area contributed by atoms with Crippen LogP contribution in [0.2, 0.25) is 0 Å². The molecule has 1 fully saturated rings. The number of ether oxygens (including phenoxy) is 1. The number of hydrogen-bond donors (Lipinski definition) is 1. The first-order valence-corrected chi connectivity index (χ1v) is 8.74. The van der Waals surface area contributed by atoms with Gasteiger partial charge >= 0.3 is 0 Å². The second kappa shape index (κ2) is 10.6. The predicted molar refractivity (Wildman–Crippen MR) is 87.2 cm³/mol. The Morgan fingerprint density at radius 3 is 2.65 bits per heavy atom. The van der Waals surface area contributed by atoms with Crippen molar-refractivity contribution in [2.24, 2.45) is 11.8 Å². The zero-order chi connectivity index (χ0) is 14.8. The highest BCUT2D eigenvalue weighted by Crippen LogP contribution is 2.29. The van der Waals surface area contributed by atoms with E-state index >= 15 is 0 Å². The molecule has 20 heavy (non-hydrogen) atoms. The Morgan fingerprint density at radius 2 is 2.00 bits per heavy atom. The fourth-order valence-corrected chi connectivity index (χ4v) is 3.35. The van der Waals surface area contributed by atoms with Crippen molar-refractivity contribution in [3.63, 3.8) is 0 Å². The molecule has 3 unspecified atom stereocenters. The molecule has 0 aromatic heterocycles. The van der Waals surface area contributed by atoms with Crippen molar-refractivity contribution in [1.29, 1.82) is 0 Å². The van der Waals surface area contributed by atoms with Crippen LogP contribution in [0.25, 0.3) is 0 Å². The fourth-order valence-electron chi connectivity index (χ4n) is 3.35. The van der Waals surface area contributed by atoms with Crippen LogP contribution in [-0.2, 0) is 4.74 Å². The summed E-state index contributed by atoms with van der Waals surface area (Å²) in [6, 6.07) is 0.729. The van der Waals surface area contributed by atoms with Gasteiger partial charge in [0.2, 0.25) is 0 Å². The molecule has 3 atom stereocenters. The summed E-state index contributed by atoms with van der Waals surface area (Å²) in [7, 11) is 0. The second-order valence-electron chi connectivity index (χ2n) is 6.33. The third-order valence-corrected chi connectivity index (χ3v) is 4.60. The van der Waals surface area contributed by atoms with Gasteiger partial charge in [0, 0.05) is 25.7 Å². The summed E-state index contributed by atoms with van der Waals surface area (Å²) >= 11 is 0. The normalized spacial score (nSPS) is 27.1. The monoisotopic (exact) mass is 284 g/mol. The van der Waals surface area contributed by atoms with E-state index in [0.717, 1.165) is 44.2 Å². The molecule has 0 saturated heterocycles. The summed E-state index contributed by atoms with van der Waals surface area (Å²) in [6.07, 6.45) is 5.37. The zero-order valence-electron chi connectivity index (χ0n) is 14.2. The molecule has 0 heterocycles. The van der Waals surface area contributed by atoms with Gasteiger partial charge in [-0.1, -0.05) is 20.8 Å². The molecule has 3 nitrogen and oxygen atoms in total. The summed E-state index contributed by atoms with van der Waals surface area (Å²) in [5, 5.41) is 3.78. The SMILES string of the molecule is CCCNC1CCC(C)CC1CN(CC)CCOCC. The number of hydrogen-bond acceptors (Lipinski definition) is 3. The summed E-state index contributed by atoms with van der Waals surface area (Å²) < 4.78 is 5.51. The van der Waals surface area contributed by atoms with E-state index in [1.807, 2.05) is 0 Å². The molecule has 0 amide bonds. The zero-order valence-corrected chi connectivity index (χ0v) is 14.2. The highest BCUT2D eigenvalue weighted by Gasteiger charge is 2.29. The number of nitrogens with zero attached hydrogens (tertiary/aromatic N) is 1. The van der Waals surface area contributed by atoms with E-state index in [0.29, 0.717) is 0 Å². The molecule has 0 bridgehead atoms. The van der Waals surface area contributed by atoms with E-state index in [1.165, 1.54) is 38.8 Å². The van der Waals surface area contributed by atoms with Crippen LogP contribution < -0.4 is 5.32 Å². The third-order valence-electron chi connectivity index (χ3n) is 4.60. The summed E-state index contributed by atoms with van der Waals surface area (Å²) in [5.41, 5.74) is 0. The first-order chi connectivity index (χ1) is 9.71. The molecule has 0 aliphatic heterocycles. The van der Waals surface area contributed by atoms with Crippen LogP contribution in [0.4, 0.5) is 0 Å². The van der Waals surface area contributed by atoms with Crippen molar-refractivity contribution in [1.82, 2.24) is 10.2 Å². The van der Waals surface area contributed by atoms with Crippen LogP contribution in [-0.4, -0.2) is 50.3 Å². The lowest BCUT2D eigenvalue weighted by Crippen LogP contribution is -2.46. The maximum atomic E-state index is 5.51. The minimum atomic E-state index is 0.729. The molecule has 1 aliphatic rings. The van der Waals surface area contributed by atoms with Gasteiger partial charge in [-0.2, -0.15) is 0 Å². The third kappa shape index (κ3) is 6.55. The topological polar surface area (TPSA) is 24.5 Å². The van der Waals surface area contributed by atoms with Gasteiger partial charge in [-0.25, -0.2) is 0 Å². The summed E-state index contributed by atoms with van der Waals surface area (Å²) in [6.45, 7) is 15.3. The molecular formula is C17H36N2O. The number of likely N-dealkylation sites (N-methyl/N-ethyl adjacent to an activating group) is 1. The Hall–Kier alpha value is -0.120. The summed E-state index contributed by atoms with van der Waals surface area (Å²) in [5.74, 6) is 1.71. The predicted octanol–water partition coefficient (Wildman–Crippen LogP) is 3.15. The van der Waals surface area contributed by atoms with Crippen molar-refractivity contribution < 1.29 is 4.74 Å². The van der Waals surface area contributed by atoms with Gasteiger partial charge < -0.3 is 15.0 Å². The lowest BCUT2D eigenvalue weighted by Gasteiger charge is -2.38. The first kappa shape index (κ1) is 17.9. The average molecular weight is 284 g/mol. The fraction of sp³-hybridized carbons (Fsp3) is 1.00. The minimum Gasteiger partial charge on any atom is -0.380 e. The van der Waals surface area contributed by atoms with Crippen LogP contribution in [0.1, 0.15) is 53.4 Å². The second-order valence-corrected chi connectivity index (χ2v) is 6.33. The minimum absolute atomic E-state index is 0.729. The number of nitrogens with one attached hydrogen (secondary N) is 1. The van der Waals surface area contributed by atoms with Crippen LogP contribution in [0.5, 0.6) is 0 Å². The van der Waals surface area contributed by atoms with E-state index in [1.54, 1.807) is 0 Å². The van der Waals surface area contributed by atoms with E-state index in [-0.39, 0.29) is 0 Å². The Balaban J connectivity index is 2.44. The lowest BCUT2D eigenvalue weighted by atomic mass is 9.78. The molecule has 1 aliphatic carbocycles. The molecule has 3 heteroatoms. The standard InChI is InChI=1S/C17H36N2O/c1-5-10-18-17-9-8-15(4)13-16(17)14-19(6-2)11-12-20-7-3/h15-18H,5-14H2,1-4H3. The molecule has 1 rings (SSSR count). The Morgan fingerprint density at radius 1 is 1.20 bits per heavy atom. The average Bonchev–Trinajstić information content (AvgIpc) is 2.45. The van der Waals surface area contributed by atoms with Gasteiger partial charge in [-0.3, -0.25) is 0 Å². The van der Waals surface area contributed by atoms with E-state index < -0.39 is 0 Å². The lowest BCUT2D eigenvalue weighted by molar-refractivity contribution is 0.0931. The molecule has 0 aromatic rings. The highest BCUT2D eigenvalue weighted by atomic mass is 16.5. The largest absolute Gasteiger partial charge is 0.380 e. The summed E-state index contributed by atoms with van der Waals surface area (Å²) in [4.78, 5) is 2.57. The van der Waals surface area contributed by atoms with Gasteiger partial charge in [0.25, 0.3) is 0 Å². The number of rotatable bonds is 10. The van der Waals surface area contributed by atoms with E-state index in [9.17, 15) is 0 Å². The van der Waals surface area contributed by atoms with Crippen molar-refractivity contribution in [2.75, 3.05) is 39.4 Å². The Kier molecular flexibility index (Phi) is 9.49. The maximum absolute atomic E-state index is 5.51. The van der Waals surface area contributed by atoms with Crippen LogP contribution in [0.15, 0.2) is 0 Å². The molecule has 1 saturated carbocycles. The van der Waals surface area contributed by atoms with Crippen molar-refractivity contribution in [2.45, 2.75) is 59.4 Å². The Labute approximate surface area is 126 Å². The van der Waals surface area contributed by atoms with Crippen LogP contribution in [0.3, 0.4) is 0 Å². The molecule has 1 N–H and O–H groups in total. The molecule has 0 aromatic carbocycles. The van der Waals surface area contributed by atoms with Gasteiger partial charge in [-0.15, -0.1) is 0 Å². The Bertz CT molecular complexity index is 233. The first-order valence-electron chi connectivity index (χ1n) is 8.74. The van der Waals surface area contributed by atoms with E-state index in [4.69, 9.17) is 4.74 Å². The van der Waals surface area contributed by atoms with Gasteiger partial charge in [0.05, 0.1) is 6.61 Å². The molecule has 0 radical (unpaired) electrons. The van der Waals surface area contributed by atoms with Gasteiger partial charge in [0.15, 0.2) is 0 Å². The molecule has 0 spiro atoms. The van der Waals surface area contributed by atoms with Crippen molar-refractivity contribution in [3.05, 3.63) is 0 Å². The highest BCUT2D eigenvalue weighted by molar-refractivity contribution is 4.85.